The lowest BCUT2D eigenvalue weighted by atomic mass is 10.1. The van der Waals surface area contributed by atoms with E-state index in [0.717, 1.165) is 19.1 Å². The zero-order valence-electron chi connectivity index (χ0n) is 10.1. The molecule has 2 fully saturated rings. The van der Waals surface area contributed by atoms with Gasteiger partial charge in [-0.25, -0.2) is 0 Å². The summed E-state index contributed by atoms with van der Waals surface area (Å²) in [7, 11) is 0. The van der Waals surface area contributed by atoms with Crippen molar-refractivity contribution in [1.29, 1.82) is 0 Å². The first kappa shape index (κ1) is 11.4. The van der Waals surface area contributed by atoms with Gasteiger partial charge in [-0.05, 0) is 33.1 Å². The van der Waals surface area contributed by atoms with Crippen LogP contribution in [0.3, 0.4) is 0 Å². The third kappa shape index (κ3) is 3.74. The molecule has 3 nitrogen and oxygen atoms in total. The number of nitrogens with one attached hydrogen (secondary N) is 1. The maximum absolute atomic E-state index is 5.74. The van der Waals surface area contributed by atoms with E-state index in [2.05, 4.69) is 12.2 Å². The van der Waals surface area contributed by atoms with E-state index < -0.39 is 0 Å². The smallest absolute Gasteiger partial charge is 0.163 e. The van der Waals surface area contributed by atoms with Crippen molar-refractivity contribution in [2.45, 2.75) is 58.0 Å². The SMILES string of the molecule is CC(CC1CC1)NCC1COC(C)(C)O1. The minimum Gasteiger partial charge on any atom is -0.348 e. The van der Waals surface area contributed by atoms with Crippen molar-refractivity contribution in [1.82, 2.24) is 5.32 Å². The molecule has 2 unspecified atom stereocenters. The standard InChI is InChI=1S/C12H23NO2/c1-9(6-10-4-5-10)13-7-11-8-14-12(2,3)15-11/h9-11,13H,4-8H2,1-3H3. The third-order valence-electron chi connectivity index (χ3n) is 3.15. The second kappa shape index (κ2) is 4.40. The molecular formula is C12H23NO2. The van der Waals surface area contributed by atoms with Gasteiger partial charge in [0.2, 0.25) is 0 Å². The molecule has 2 atom stereocenters. The molecule has 0 radical (unpaired) electrons. The Labute approximate surface area is 92.5 Å². The van der Waals surface area contributed by atoms with E-state index in [1.165, 1.54) is 19.3 Å². The number of hydrogen-bond donors (Lipinski definition) is 1. The highest BCUT2D eigenvalue weighted by atomic mass is 16.7. The minimum absolute atomic E-state index is 0.224. The molecule has 1 N–H and O–H groups in total. The molecule has 1 saturated carbocycles. The molecule has 0 aromatic carbocycles. The predicted molar refractivity (Wildman–Crippen MR) is 59.7 cm³/mol. The third-order valence-corrected chi connectivity index (χ3v) is 3.15. The van der Waals surface area contributed by atoms with Crippen LogP contribution in [0.5, 0.6) is 0 Å². The van der Waals surface area contributed by atoms with Crippen LogP contribution in [0.4, 0.5) is 0 Å². The fraction of sp³-hybridized carbons (Fsp3) is 1.00. The topological polar surface area (TPSA) is 30.5 Å². The van der Waals surface area contributed by atoms with Gasteiger partial charge in [0.05, 0.1) is 12.7 Å². The first-order valence-electron chi connectivity index (χ1n) is 6.10. The van der Waals surface area contributed by atoms with E-state index in [1.54, 1.807) is 0 Å². The molecule has 1 heterocycles. The Hall–Kier alpha value is -0.120. The molecule has 2 rings (SSSR count). The van der Waals surface area contributed by atoms with E-state index in [1.807, 2.05) is 13.8 Å². The number of rotatable bonds is 5. The molecular weight excluding hydrogens is 190 g/mol. The first-order chi connectivity index (χ1) is 7.05. The molecule has 88 valence electrons. The van der Waals surface area contributed by atoms with Crippen LogP contribution in [0.1, 0.15) is 40.0 Å². The Kier molecular flexibility index (Phi) is 3.33. The highest BCUT2D eigenvalue weighted by molar-refractivity contribution is 4.80. The highest BCUT2D eigenvalue weighted by Crippen LogP contribution is 2.33. The van der Waals surface area contributed by atoms with Crippen LogP contribution in [-0.2, 0) is 9.47 Å². The molecule has 1 aliphatic carbocycles. The maximum Gasteiger partial charge on any atom is 0.163 e. The van der Waals surface area contributed by atoms with Crippen molar-refractivity contribution in [3.05, 3.63) is 0 Å². The van der Waals surface area contributed by atoms with Gasteiger partial charge >= 0.3 is 0 Å². The number of hydrogen-bond acceptors (Lipinski definition) is 3. The summed E-state index contributed by atoms with van der Waals surface area (Å²) in [5, 5.41) is 3.53. The lowest BCUT2D eigenvalue weighted by molar-refractivity contribution is -0.137. The molecule has 0 aromatic heterocycles. The van der Waals surface area contributed by atoms with Gasteiger partial charge in [0.25, 0.3) is 0 Å². The second-order valence-corrected chi connectivity index (χ2v) is 5.44. The van der Waals surface area contributed by atoms with Gasteiger partial charge in [0.15, 0.2) is 5.79 Å². The van der Waals surface area contributed by atoms with Crippen LogP contribution in [0.2, 0.25) is 0 Å². The molecule has 15 heavy (non-hydrogen) atoms. The van der Waals surface area contributed by atoms with E-state index >= 15 is 0 Å². The molecule has 1 aliphatic heterocycles. The van der Waals surface area contributed by atoms with Gasteiger partial charge in [-0.3, -0.25) is 0 Å². The summed E-state index contributed by atoms with van der Waals surface area (Å²) in [5.41, 5.74) is 0. The average molecular weight is 213 g/mol. The lowest BCUT2D eigenvalue weighted by Crippen LogP contribution is -2.36. The summed E-state index contributed by atoms with van der Waals surface area (Å²) >= 11 is 0. The molecule has 0 amide bonds. The quantitative estimate of drug-likeness (QED) is 0.757. The van der Waals surface area contributed by atoms with Gasteiger partial charge in [0.1, 0.15) is 0 Å². The first-order valence-corrected chi connectivity index (χ1v) is 6.10. The molecule has 0 aromatic rings. The monoisotopic (exact) mass is 213 g/mol. The van der Waals surface area contributed by atoms with Gasteiger partial charge in [-0.2, -0.15) is 0 Å². The summed E-state index contributed by atoms with van der Waals surface area (Å²) in [4.78, 5) is 0. The highest BCUT2D eigenvalue weighted by Gasteiger charge is 2.32. The van der Waals surface area contributed by atoms with E-state index in [-0.39, 0.29) is 11.9 Å². The summed E-state index contributed by atoms with van der Waals surface area (Å²) in [6.45, 7) is 7.84. The van der Waals surface area contributed by atoms with E-state index in [4.69, 9.17) is 9.47 Å². The van der Waals surface area contributed by atoms with Crippen LogP contribution < -0.4 is 5.32 Å². The van der Waals surface area contributed by atoms with Crippen molar-refractivity contribution in [3.63, 3.8) is 0 Å². The molecule has 3 heteroatoms. The molecule has 0 bridgehead atoms. The summed E-state index contributed by atoms with van der Waals surface area (Å²) in [6.07, 6.45) is 4.41. The van der Waals surface area contributed by atoms with Crippen molar-refractivity contribution in [3.8, 4) is 0 Å². The zero-order chi connectivity index (χ0) is 10.9. The van der Waals surface area contributed by atoms with Gasteiger partial charge < -0.3 is 14.8 Å². The van der Waals surface area contributed by atoms with Crippen LogP contribution in [0.15, 0.2) is 0 Å². The fourth-order valence-corrected chi connectivity index (χ4v) is 2.13. The van der Waals surface area contributed by atoms with E-state index in [0.29, 0.717) is 6.04 Å². The Morgan fingerprint density at radius 1 is 1.40 bits per heavy atom. The Morgan fingerprint density at radius 3 is 2.67 bits per heavy atom. The minimum atomic E-state index is -0.383. The van der Waals surface area contributed by atoms with Crippen molar-refractivity contribution < 1.29 is 9.47 Å². The lowest BCUT2D eigenvalue weighted by Gasteiger charge is -2.19. The predicted octanol–water partition coefficient (Wildman–Crippen LogP) is 1.92. The zero-order valence-corrected chi connectivity index (χ0v) is 10.1. The molecule has 1 saturated heterocycles. The summed E-state index contributed by atoms with van der Waals surface area (Å²) in [5.74, 6) is 0.608. The van der Waals surface area contributed by atoms with E-state index in [9.17, 15) is 0 Å². The normalized spacial score (nSPS) is 31.8. The van der Waals surface area contributed by atoms with Crippen LogP contribution in [0.25, 0.3) is 0 Å². The van der Waals surface area contributed by atoms with Crippen LogP contribution in [-0.4, -0.2) is 31.1 Å². The van der Waals surface area contributed by atoms with Crippen molar-refractivity contribution in [2.24, 2.45) is 5.92 Å². The van der Waals surface area contributed by atoms with Crippen molar-refractivity contribution in [2.75, 3.05) is 13.2 Å². The average Bonchev–Trinajstić information content (AvgIpc) is 2.87. The fourth-order valence-electron chi connectivity index (χ4n) is 2.13. The maximum atomic E-state index is 5.74. The summed E-state index contributed by atoms with van der Waals surface area (Å²) in [6, 6.07) is 0.616. The van der Waals surface area contributed by atoms with Crippen molar-refractivity contribution >= 4 is 0 Å². The van der Waals surface area contributed by atoms with Gasteiger partial charge in [-0.15, -0.1) is 0 Å². The van der Waals surface area contributed by atoms with Crippen LogP contribution in [0, 0.1) is 5.92 Å². The summed E-state index contributed by atoms with van der Waals surface area (Å²) < 4.78 is 11.3. The Balaban J connectivity index is 1.61. The Bertz CT molecular complexity index is 214. The largest absolute Gasteiger partial charge is 0.348 e. The van der Waals surface area contributed by atoms with Gasteiger partial charge in [0, 0.05) is 12.6 Å². The Morgan fingerprint density at radius 2 is 2.13 bits per heavy atom. The number of ether oxygens (including phenoxy) is 2. The van der Waals surface area contributed by atoms with Gasteiger partial charge in [-0.1, -0.05) is 12.8 Å². The molecule has 2 aliphatic rings. The van der Waals surface area contributed by atoms with Crippen LogP contribution >= 0.6 is 0 Å². The second-order valence-electron chi connectivity index (χ2n) is 5.44. The molecule has 0 spiro atoms.